The van der Waals surface area contributed by atoms with Gasteiger partial charge in [0.1, 0.15) is 5.03 Å². The van der Waals surface area contributed by atoms with Crippen LogP contribution in [0.15, 0.2) is 22.1 Å². The molecular weight excluding hydrogens is 174 g/mol. The van der Waals surface area contributed by atoms with Gasteiger partial charge in [-0.1, -0.05) is 0 Å². The van der Waals surface area contributed by atoms with Gasteiger partial charge in [-0.2, -0.15) is 0 Å². The van der Waals surface area contributed by atoms with Gasteiger partial charge in [0.05, 0.1) is 0 Å². The number of aryl methyl sites for hydroxylation is 1. The van der Waals surface area contributed by atoms with Crippen molar-refractivity contribution in [2.45, 2.75) is 16.8 Å². The molecule has 0 atom stereocenters. The lowest BCUT2D eigenvalue weighted by Crippen LogP contribution is -1.85. The molecular formula is C8H11NS2. The molecule has 0 aliphatic carbocycles. The Morgan fingerprint density at radius 3 is 2.45 bits per heavy atom. The Bertz CT molecular complexity index is 248. The van der Waals surface area contributed by atoms with Crippen molar-refractivity contribution in [2.75, 3.05) is 12.5 Å². The highest BCUT2D eigenvalue weighted by atomic mass is 32.2. The molecule has 1 rings (SSSR count). The van der Waals surface area contributed by atoms with E-state index in [0.717, 1.165) is 10.7 Å². The molecule has 11 heavy (non-hydrogen) atoms. The first-order valence-electron chi connectivity index (χ1n) is 3.33. The van der Waals surface area contributed by atoms with Gasteiger partial charge < -0.3 is 0 Å². The average molecular weight is 185 g/mol. The molecule has 1 aromatic heterocycles. The third kappa shape index (κ3) is 2.14. The largest absolute Gasteiger partial charge is 0.246 e. The van der Waals surface area contributed by atoms with Crippen molar-refractivity contribution in [3.05, 3.63) is 17.8 Å². The van der Waals surface area contributed by atoms with Gasteiger partial charge in [-0.3, -0.25) is 0 Å². The fourth-order valence-corrected chi connectivity index (χ4v) is 2.25. The number of hydrogen-bond acceptors (Lipinski definition) is 3. The summed E-state index contributed by atoms with van der Waals surface area (Å²) in [6.45, 7) is 2.02. The van der Waals surface area contributed by atoms with Crippen LogP contribution in [-0.4, -0.2) is 17.5 Å². The minimum absolute atomic E-state index is 1.09. The first-order valence-corrected chi connectivity index (χ1v) is 5.78. The van der Waals surface area contributed by atoms with E-state index < -0.39 is 0 Å². The van der Waals surface area contributed by atoms with E-state index in [1.54, 1.807) is 23.5 Å². The molecule has 0 amide bonds. The zero-order valence-corrected chi connectivity index (χ0v) is 8.55. The van der Waals surface area contributed by atoms with Crippen LogP contribution in [-0.2, 0) is 0 Å². The second kappa shape index (κ2) is 4.02. The summed E-state index contributed by atoms with van der Waals surface area (Å²) < 4.78 is 0. The molecule has 1 aromatic rings. The molecule has 0 saturated carbocycles. The summed E-state index contributed by atoms with van der Waals surface area (Å²) in [6.07, 6.45) is 4.13. The summed E-state index contributed by atoms with van der Waals surface area (Å²) >= 11 is 3.45. The fourth-order valence-electron chi connectivity index (χ4n) is 0.822. The Balaban J connectivity index is 3.06. The summed E-state index contributed by atoms with van der Waals surface area (Å²) in [6, 6.07) is 4.17. The van der Waals surface area contributed by atoms with Crippen molar-refractivity contribution in [2.24, 2.45) is 0 Å². The first-order chi connectivity index (χ1) is 5.27. The third-order valence-electron chi connectivity index (χ3n) is 1.38. The zero-order chi connectivity index (χ0) is 8.27. The normalized spacial score (nSPS) is 10.1. The molecule has 1 heterocycles. The van der Waals surface area contributed by atoms with Crippen LogP contribution >= 0.6 is 23.5 Å². The number of aromatic nitrogens is 1. The van der Waals surface area contributed by atoms with Crippen LogP contribution in [0.4, 0.5) is 0 Å². The van der Waals surface area contributed by atoms with E-state index in [2.05, 4.69) is 23.6 Å². The van der Waals surface area contributed by atoms with Crippen molar-refractivity contribution < 1.29 is 0 Å². The van der Waals surface area contributed by atoms with Crippen LogP contribution in [0.5, 0.6) is 0 Å². The summed E-state index contributed by atoms with van der Waals surface area (Å²) in [5.74, 6) is 0. The Labute approximate surface area is 76.0 Å². The number of rotatable bonds is 2. The summed E-state index contributed by atoms with van der Waals surface area (Å²) in [5, 5.41) is 1.14. The van der Waals surface area contributed by atoms with Crippen molar-refractivity contribution in [1.29, 1.82) is 0 Å². The number of hydrogen-bond donors (Lipinski definition) is 0. The van der Waals surface area contributed by atoms with Gasteiger partial charge >= 0.3 is 0 Å². The van der Waals surface area contributed by atoms with Gasteiger partial charge in [-0.15, -0.1) is 23.5 Å². The Morgan fingerprint density at radius 2 is 1.91 bits per heavy atom. The fraction of sp³-hybridized carbons (Fsp3) is 0.375. The van der Waals surface area contributed by atoms with Crippen LogP contribution in [0.25, 0.3) is 0 Å². The SMILES string of the molecule is CSc1ccc(C)nc1SC. The van der Waals surface area contributed by atoms with E-state index in [1.807, 2.05) is 13.0 Å². The zero-order valence-electron chi connectivity index (χ0n) is 6.92. The minimum atomic E-state index is 1.09. The number of thioether (sulfide) groups is 2. The molecule has 0 aliphatic heterocycles. The van der Waals surface area contributed by atoms with Crippen LogP contribution < -0.4 is 0 Å². The van der Waals surface area contributed by atoms with Gasteiger partial charge in [0.25, 0.3) is 0 Å². The smallest absolute Gasteiger partial charge is 0.110 e. The molecule has 0 aromatic carbocycles. The summed E-state index contributed by atoms with van der Waals surface area (Å²) in [5.41, 5.74) is 1.09. The van der Waals surface area contributed by atoms with E-state index in [4.69, 9.17) is 0 Å². The van der Waals surface area contributed by atoms with E-state index in [1.165, 1.54) is 4.90 Å². The predicted octanol–water partition coefficient (Wildman–Crippen LogP) is 2.83. The van der Waals surface area contributed by atoms with Crippen molar-refractivity contribution in [3.63, 3.8) is 0 Å². The van der Waals surface area contributed by atoms with Gasteiger partial charge in [0.2, 0.25) is 0 Å². The van der Waals surface area contributed by atoms with Gasteiger partial charge in [0.15, 0.2) is 0 Å². The Morgan fingerprint density at radius 1 is 1.18 bits per heavy atom. The first kappa shape index (κ1) is 8.94. The maximum atomic E-state index is 4.40. The van der Waals surface area contributed by atoms with Crippen LogP contribution in [0.3, 0.4) is 0 Å². The molecule has 0 spiro atoms. The third-order valence-corrected chi connectivity index (χ3v) is 2.97. The summed E-state index contributed by atoms with van der Waals surface area (Å²) in [4.78, 5) is 5.67. The average Bonchev–Trinajstić information content (AvgIpc) is 2.04. The highest BCUT2D eigenvalue weighted by molar-refractivity contribution is 8.01. The van der Waals surface area contributed by atoms with Crippen molar-refractivity contribution >= 4 is 23.5 Å². The van der Waals surface area contributed by atoms with Gasteiger partial charge in [-0.05, 0) is 31.6 Å². The molecule has 0 aliphatic rings. The molecule has 60 valence electrons. The number of pyridine rings is 1. The number of nitrogens with zero attached hydrogens (tertiary/aromatic N) is 1. The standard InChI is InChI=1S/C8H11NS2/c1-6-4-5-7(10-2)8(9-6)11-3/h4-5H,1-3H3. The quantitative estimate of drug-likeness (QED) is 0.658. The van der Waals surface area contributed by atoms with Crippen molar-refractivity contribution in [1.82, 2.24) is 4.98 Å². The molecule has 1 nitrogen and oxygen atoms in total. The maximum absolute atomic E-state index is 4.40. The highest BCUT2D eigenvalue weighted by Crippen LogP contribution is 2.25. The lowest BCUT2D eigenvalue weighted by atomic mass is 10.4. The molecule has 0 saturated heterocycles. The van der Waals surface area contributed by atoms with Crippen LogP contribution in [0.2, 0.25) is 0 Å². The van der Waals surface area contributed by atoms with Gasteiger partial charge in [0, 0.05) is 10.6 Å². The second-order valence-corrected chi connectivity index (χ2v) is 3.81. The Kier molecular flexibility index (Phi) is 3.27. The monoisotopic (exact) mass is 185 g/mol. The topological polar surface area (TPSA) is 12.9 Å². The van der Waals surface area contributed by atoms with E-state index in [-0.39, 0.29) is 0 Å². The predicted molar refractivity (Wildman–Crippen MR) is 52.5 cm³/mol. The summed E-state index contributed by atoms with van der Waals surface area (Å²) in [7, 11) is 0. The molecule has 3 heteroatoms. The second-order valence-electron chi connectivity index (χ2n) is 2.16. The highest BCUT2D eigenvalue weighted by Gasteiger charge is 2.00. The lowest BCUT2D eigenvalue weighted by Gasteiger charge is -2.02. The molecule has 0 unspecified atom stereocenters. The van der Waals surface area contributed by atoms with E-state index in [0.29, 0.717) is 0 Å². The van der Waals surface area contributed by atoms with Crippen molar-refractivity contribution in [3.8, 4) is 0 Å². The van der Waals surface area contributed by atoms with E-state index >= 15 is 0 Å². The molecule has 0 radical (unpaired) electrons. The minimum Gasteiger partial charge on any atom is -0.246 e. The maximum Gasteiger partial charge on any atom is 0.110 e. The van der Waals surface area contributed by atoms with E-state index in [9.17, 15) is 0 Å². The lowest BCUT2D eigenvalue weighted by molar-refractivity contribution is 0.992. The van der Waals surface area contributed by atoms with Crippen LogP contribution in [0.1, 0.15) is 5.69 Å². The van der Waals surface area contributed by atoms with Gasteiger partial charge in [-0.25, -0.2) is 4.98 Å². The Hall–Kier alpha value is -0.150. The van der Waals surface area contributed by atoms with Crippen LogP contribution in [0, 0.1) is 6.92 Å². The molecule has 0 fully saturated rings. The molecule has 0 bridgehead atoms. The molecule has 0 N–H and O–H groups in total.